The highest BCUT2D eigenvalue weighted by Crippen LogP contribution is 2.26. The van der Waals surface area contributed by atoms with Crippen LogP contribution in [-0.2, 0) is 6.42 Å². The Bertz CT molecular complexity index is 524. The molecule has 0 amide bonds. The molecule has 2 heterocycles. The lowest BCUT2D eigenvalue weighted by atomic mass is 9.89. The minimum absolute atomic E-state index is 0. The molecule has 2 fully saturated rings. The van der Waals surface area contributed by atoms with E-state index in [-0.39, 0.29) is 12.4 Å². The maximum Gasteiger partial charge on any atom is 0.0595 e. The molecule has 1 N–H and O–H groups in total. The first-order valence-corrected chi connectivity index (χ1v) is 9.39. The summed E-state index contributed by atoms with van der Waals surface area (Å²) in [6.45, 7) is 11.8. The fourth-order valence-corrected chi connectivity index (χ4v) is 4.02. The summed E-state index contributed by atoms with van der Waals surface area (Å²) in [4.78, 5) is 5.21. The van der Waals surface area contributed by atoms with Gasteiger partial charge in [-0.3, -0.25) is 0 Å². The molecule has 0 spiro atoms. The van der Waals surface area contributed by atoms with Crippen LogP contribution in [-0.4, -0.2) is 62.2 Å². The quantitative estimate of drug-likeness (QED) is 0.826. The summed E-state index contributed by atoms with van der Waals surface area (Å²) in [5.41, 5.74) is 1.74. The molecule has 2 aliphatic rings. The van der Waals surface area contributed by atoms with Crippen molar-refractivity contribution in [2.75, 3.05) is 52.4 Å². The molecule has 0 saturated carbocycles. The van der Waals surface area contributed by atoms with E-state index in [4.69, 9.17) is 23.2 Å². The third-order valence-corrected chi connectivity index (χ3v) is 5.97. The van der Waals surface area contributed by atoms with Crippen LogP contribution in [0.1, 0.15) is 18.9 Å². The second kappa shape index (κ2) is 9.07. The van der Waals surface area contributed by atoms with Gasteiger partial charge in [0.05, 0.1) is 10.0 Å². The fourth-order valence-electron chi connectivity index (χ4n) is 3.70. The predicted octanol–water partition coefficient (Wildman–Crippen LogP) is 3.57. The van der Waals surface area contributed by atoms with Crippen molar-refractivity contribution in [2.45, 2.75) is 19.8 Å². The van der Waals surface area contributed by atoms with Gasteiger partial charge in [-0.15, -0.1) is 12.4 Å². The van der Waals surface area contributed by atoms with Gasteiger partial charge in [0.1, 0.15) is 0 Å². The van der Waals surface area contributed by atoms with Gasteiger partial charge in [-0.1, -0.05) is 36.2 Å². The van der Waals surface area contributed by atoms with Crippen LogP contribution >= 0.6 is 35.6 Å². The number of piperazine rings is 1. The zero-order chi connectivity index (χ0) is 16.3. The number of halogens is 3. The molecule has 3 rings (SSSR count). The normalized spacial score (nSPS) is 25.6. The molecular weight excluding hydrogens is 365 g/mol. The van der Waals surface area contributed by atoms with Crippen molar-refractivity contribution in [3.8, 4) is 0 Å². The van der Waals surface area contributed by atoms with Gasteiger partial charge in [-0.05, 0) is 42.5 Å². The van der Waals surface area contributed by atoms with Crippen LogP contribution in [0.5, 0.6) is 0 Å². The average Bonchev–Trinajstić information content (AvgIpc) is 2.96. The molecule has 1 aromatic carbocycles. The monoisotopic (exact) mass is 391 g/mol. The Kier molecular flexibility index (Phi) is 7.66. The standard InChI is InChI=1S/C18H27Cl2N3.ClH/c1-18(5-6-21-13-18)14-23-10-8-22(9-11-23)7-4-15-2-3-16(19)17(20)12-15;/h2-3,12,21H,4-11,13-14H2,1H3;1H. The van der Waals surface area contributed by atoms with Crippen molar-refractivity contribution < 1.29 is 0 Å². The first-order valence-electron chi connectivity index (χ1n) is 8.63. The van der Waals surface area contributed by atoms with E-state index < -0.39 is 0 Å². The van der Waals surface area contributed by atoms with Gasteiger partial charge in [0.15, 0.2) is 0 Å². The largest absolute Gasteiger partial charge is 0.316 e. The topological polar surface area (TPSA) is 18.5 Å². The second-order valence-electron chi connectivity index (χ2n) is 7.35. The second-order valence-corrected chi connectivity index (χ2v) is 8.17. The lowest BCUT2D eigenvalue weighted by Gasteiger charge is -2.38. The molecule has 6 heteroatoms. The van der Waals surface area contributed by atoms with Crippen LogP contribution in [0, 0.1) is 5.41 Å². The van der Waals surface area contributed by atoms with Gasteiger partial charge >= 0.3 is 0 Å². The van der Waals surface area contributed by atoms with E-state index in [1.165, 1.54) is 57.8 Å². The number of nitrogens with zero attached hydrogens (tertiary/aromatic N) is 2. The first kappa shape index (κ1) is 20.3. The zero-order valence-electron chi connectivity index (χ0n) is 14.4. The molecule has 1 aromatic rings. The van der Waals surface area contributed by atoms with Crippen LogP contribution < -0.4 is 5.32 Å². The summed E-state index contributed by atoms with van der Waals surface area (Å²) in [5, 5.41) is 4.80. The van der Waals surface area contributed by atoms with Crippen LogP contribution in [0.4, 0.5) is 0 Å². The smallest absolute Gasteiger partial charge is 0.0595 e. The molecule has 136 valence electrons. The highest BCUT2D eigenvalue weighted by Gasteiger charge is 2.31. The molecule has 24 heavy (non-hydrogen) atoms. The maximum atomic E-state index is 6.09. The minimum atomic E-state index is 0. The molecule has 0 radical (unpaired) electrons. The molecule has 1 atom stereocenters. The van der Waals surface area contributed by atoms with Crippen molar-refractivity contribution in [2.24, 2.45) is 5.41 Å². The van der Waals surface area contributed by atoms with Gasteiger partial charge in [0, 0.05) is 45.8 Å². The Morgan fingerprint density at radius 3 is 2.42 bits per heavy atom. The average molecular weight is 393 g/mol. The molecule has 0 aromatic heterocycles. The molecule has 2 aliphatic heterocycles. The van der Waals surface area contributed by atoms with Gasteiger partial charge in [-0.25, -0.2) is 0 Å². The van der Waals surface area contributed by atoms with E-state index >= 15 is 0 Å². The van der Waals surface area contributed by atoms with Crippen molar-refractivity contribution in [1.29, 1.82) is 0 Å². The molecule has 3 nitrogen and oxygen atoms in total. The Morgan fingerprint density at radius 1 is 1.08 bits per heavy atom. The summed E-state index contributed by atoms with van der Waals surface area (Å²) in [6, 6.07) is 5.97. The van der Waals surface area contributed by atoms with E-state index in [1.54, 1.807) is 0 Å². The van der Waals surface area contributed by atoms with E-state index in [9.17, 15) is 0 Å². The summed E-state index contributed by atoms with van der Waals surface area (Å²) in [7, 11) is 0. The summed E-state index contributed by atoms with van der Waals surface area (Å²) >= 11 is 12.1. The Balaban J connectivity index is 0.00000208. The highest BCUT2D eigenvalue weighted by molar-refractivity contribution is 6.42. The fraction of sp³-hybridized carbons (Fsp3) is 0.667. The van der Waals surface area contributed by atoms with Gasteiger partial charge in [-0.2, -0.15) is 0 Å². The molecular formula is C18H28Cl3N3. The van der Waals surface area contributed by atoms with E-state index in [1.807, 2.05) is 12.1 Å². The lowest BCUT2D eigenvalue weighted by molar-refractivity contribution is 0.0978. The predicted molar refractivity (Wildman–Crippen MR) is 106 cm³/mol. The minimum Gasteiger partial charge on any atom is -0.316 e. The van der Waals surface area contributed by atoms with E-state index in [2.05, 4.69) is 28.1 Å². The number of benzene rings is 1. The van der Waals surface area contributed by atoms with Crippen LogP contribution in [0.15, 0.2) is 18.2 Å². The van der Waals surface area contributed by atoms with Gasteiger partial charge in [0.2, 0.25) is 0 Å². The first-order chi connectivity index (χ1) is 11.0. The third-order valence-electron chi connectivity index (χ3n) is 5.23. The third kappa shape index (κ3) is 5.48. The number of hydrogen-bond donors (Lipinski definition) is 1. The van der Waals surface area contributed by atoms with Crippen LogP contribution in [0.2, 0.25) is 10.0 Å². The Morgan fingerprint density at radius 2 is 1.79 bits per heavy atom. The number of rotatable bonds is 5. The maximum absolute atomic E-state index is 6.09. The van der Waals surface area contributed by atoms with Crippen molar-refractivity contribution in [1.82, 2.24) is 15.1 Å². The van der Waals surface area contributed by atoms with Gasteiger partial charge < -0.3 is 15.1 Å². The SMILES string of the molecule is CC1(CN2CCN(CCc3ccc(Cl)c(Cl)c3)CC2)CCNC1.Cl. The summed E-state index contributed by atoms with van der Waals surface area (Å²) in [5.74, 6) is 0. The van der Waals surface area contributed by atoms with E-state index in [0.717, 1.165) is 13.0 Å². The molecule has 0 bridgehead atoms. The van der Waals surface area contributed by atoms with E-state index in [0.29, 0.717) is 15.5 Å². The zero-order valence-corrected chi connectivity index (χ0v) is 16.7. The molecule has 2 saturated heterocycles. The number of hydrogen-bond acceptors (Lipinski definition) is 3. The van der Waals surface area contributed by atoms with Crippen molar-refractivity contribution >= 4 is 35.6 Å². The highest BCUT2D eigenvalue weighted by atomic mass is 35.5. The lowest BCUT2D eigenvalue weighted by Crippen LogP contribution is -2.50. The number of nitrogens with one attached hydrogen (secondary N) is 1. The van der Waals surface area contributed by atoms with Crippen molar-refractivity contribution in [3.05, 3.63) is 33.8 Å². The Hall–Kier alpha value is -0.0300. The summed E-state index contributed by atoms with van der Waals surface area (Å²) < 4.78 is 0. The summed E-state index contributed by atoms with van der Waals surface area (Å²) in [6.07, 6.45) is 2.35. The molecule has 1 unspecified atom stereocenters. The Labute approximate surface area is 162 Å². The van der Waals surface area contributed by atoms with Crippen molar-refractivity contribution in [3.63, 3.8) is 0 Å². The molecule has 0 aliphatic carbocycles. The van der Waals surface area contributed by atoms with Crippen LogP contribution in [0.3, 0.4) is 0 Å². The van der Waals surface area contributed by atoms with Gasteiger partial charge in [0.25, 0.3) is 0 Å². The van der Waals surface area contributed by atoms with Crippen LogP contribution in [0.25, 0.3) is 0 Å².